The van der Waals surface area contributed by atoms with Crippen molar-refractivity contribution in [3.8, 4) is 0 Å². The molecule has 0 aliphatic carbocycles. The number of nitrogens with zero attached hydrogens (tertiary/aromatic N) is 2. The van der Waals surface area contributed by atoms with Gasteiger partial charge in [0, 0.05) is 19.6 Å². The Labute approximate surface area is 106 Å². The Morgan fingerprint density at radius 3 is 2.78 bits per heavy atom. The average Bonchev–Trinajstić information content (AvgIpc) is 2.73. The molecule has 1 heterocycles. The molecule has 1 aliphatic heterocycles. The Kier molecular flexibility index (Phi) is 5.57. The highest BCUT2D eigenvalue weighted by molar-refractivity contribution is 5.96. The second-order valence-electron chi connectivity index (χ2n) is 4.07. The molecule has 0 unspecified atom stereocenters. The van der Waals surface area contributed by atoms with Crippen LogP contribution in [-0.2, 0) is 14.3 Å². The van der Waals surface area contributed by atoms with Crippen molar-refractivity contribution in [3.05, 3.63) is 0 Å². The van der Waals surface area contributed by atoms with E-state index in [0.29, 0.717) is 26.2 Å². The summed E-state index contributed by atoms with van der Waals surface area (Å²) in [5, 5.41) is 2.56. The molecule has 0 radical (unpaired) electrons. The molecule has 7 heteroatoms. The fourth-order valence-corrected chi connectivity index (χ4v) is 1.62. The standard InChI is InChI=1S/C11H19N3O4/c1-3-18-10(16)4-6-13(2)8-9(15)14-7-5-12-11(14)17/h3-8H2,1-2H3,(H,12,17). The number of amides is 3. The summed E-state index contributed by atoms with van der Waals surface area (Å²) < 4.78 is 4.79. The third-order valence-electron chi connectivity index (χ3n) is 2.57. The fraction of sp³-hybridized carbons (Fsp3) is 0.727. The van der Waals surface area contributed by atoms with Crippen LogP contribution in [0.2, 0.25) is 0 Å². The Hall–Kier alpha value is -1.63. The molecule has 1 N–H and O–H groups in total. The van der Waals surface area contributed by atoms with Crippen LogP contribution >= 0.6 is 0 Å². The summed E-state index contributed by atoms with van der Waals surface area (Å²) >= 11 is 0. The lowest BCUT2D eigenvalue weighted by atomic mass is 10.4. The second-order valence-corrected chi connectivity index (χ2v) is 4.07. The van der Waals surface area contributed by atoms with E-state index in [2.05, 4.69) is 5.32 Å². The van der Waals surface area contributed by atoms with Crippen LogP contribution in [-0.4, -0.2) is 67.5 Å². The summed E-state index contributed by atoms with van der Waals surface area (Å²) in [5.41, 5.74) is 0. The molecule has 0 aromatic heterocycles. The van der Waals surface area contributed by atoms with Crippen molar-refractivity contribution in [2.45, 2.75) is 13.3 Å². The molecule has 7 nitrogen and oxygen atoms in total. The topological polar surface area (TPSA) is 79.0 Å². The monoisotopic (exact) mass is 257 g/mol. The third kappa shape index (κ3) is 4.33. The lowest BCUT2D eigenvalue weighted by Gasteiger charge is -2.18. The van der Waals surface area contributed by atoms with E-state index in [9.17, 15) is 14.4 Å². The average molecular weight is 257 g/mol. The summed E-state index contributed by atoms with van der Waals surface area (Å²) in [6.07, 6.45) is 0.240. The molecule has 0 spiro atoms. The predicted octanol–water partition coefficient (Wildman–Crippen LogP) is -0.577. The van der Waals surface area contributed by atoms with Gasteiger partial charge in [-0.05, 0) is 14.0 Å². The molecule has 3 amide bonds. The van der Waals surface area contributed by atoms with Gasteiger partial charge >= 0.3 is 12.0 Å². The first kappa shape index (κ1) is 14.4. The number of esters is 1. The third-order valence-corrected chi connectivity index (χ3v) is 2.57. The Morgan fingerprint density at radius 1 is 1.50 bits per heavy atom. The Balaban J connectivity index is 2.27. The van der Waals surface area contributed by atoms with Gasteiger partial charge < -0.3 is 10.1 Å². The van der Waals surface area contributed by atoms with Gasteiger partial charge in [-0.2, -0.15) is 0 Å². The SMILES string of the molecule is CCOC(=O)CCN(C)CC(=O)N1CCNC1=O. The zero-order valence-electron chi connectivity index (χ0n) is 10.8. The summed E-state index contributed by atoms with van der Waals surface area (Å²) in [4.78, 5) is 37.0. The molecule has 0 atom stereocenters. The Bertz CT molecular complexity index is 332. The number of imide groups is 1. The van der Waals surface area contributed by atoms with Crippen LogP contribution in [0.15, 0.2) is 0 Å². The highest BCUT2D eigenvalue weighted by atomic mass is 16.5. The molecule has 0 aromatic rings. The molecule has 102 valence electrons. The van der Waals surface area contributed by atoms with Crippen molar-refractivity contribution < 1.29 is 19.1 Å². The molecule has 1 rings (SSSR count). The zero-order valence-corrected chi connectivity index (χ0v) is 10.8. The minimum atomic E-state index is -0.348. The van der Waals surface area contributed by atoms with Crippen molar-refractivity contribution in [1.29, 1.82) is 0 Å². The number of rotatable bonds is 6. The molecule has 1 saturated heterocycles. The number of hydrogen-bond donors (Lipinski definition) is 1. The highest BCUT2D eigenvalue weighted by Crippen LogP contribution is 1.99. The maximum atomic E-state index is 11.7. The van der Waals surface area contributed by atoms with Crippen molar-refractivity contribution in [2.75, 3.05) is 39.8 Å². The van der Waals surface area contributed by atoms with Crippen LogP contribution in [0.25, 0.3) is 0 Å². The number of likely N-dealkylation sites (N-methyl/N-ethyl adjacent to an activating group) is 1. The first-order valence-electron chi connectivity index (χ1n) is 5.97. The van der Waals surface area contributed by atoms with Gasteiger partial charge in [-0.3, -0.25) is 19.4 Å². The lowest BCUT2D eigenvalue weighted by Crippen LogP contribution is -2.41. The van der Waals surface area contributed by atoms with E-state index >= 15 is 0 Å². The second kappa shape index (κ2) is 6.95. The molecular formula is C11H19N3O4. The maximum absolute atomic E-state index is 11.7. The molecule has 18 heavy (non-hydrogen) atoms. The normalized spacial score (nSPS) is 14.8. The number of carbonyl (C=O) groups excluding carboxylic acids is 3. The quantitative estimate of drug-likeness (QED) is 0.644. The van der Waals surface area contributed by atoms with Crippen molar-refractivity contribution in [1.82, 2.24) is 15.1 Å². The van der Waals surface area contributed by atoms with E-state index in [0.717, 1.165) is 0 Å². The van der Waals surface area contributed by atoms with Gasteiger partial charge in [-0.15, -0.1) is 0 Å². The van der Waals surface area contributed by atoms with Crippen molar-refractivity contribution in [2.24, 2.45) is 0 Å². The zero-order chi connectivity index (χ0) is 13.5. The first-order valence-corrected chi connectivity index (χ1v) is 5.97. The fourth-order valence-electron chi connectivity index (χ4n) is 1.62. The van der Waals surface area contributed by atoms with E-state index in [1.807, 2.05) is 0 Å². The van der Waals surface area contributed by atoms with Crippen LogP contribution in [0, 0.1) is 0 Å². The first-order chi connectivity index (χ1) is 8.54. The minimum Gasteiger partial charge on any atom is -0.466 e. The predicted molar refractivity (Wildman–Crippen MR) is 63.9 cm³/mol. The Morgan fingerprint density at radius 2 is 2.22 bits per heavy atom. The van der Waals surface area contributed by atoms with Gasteiger partial charge in [0.15, 0.2) is 0 Å². The number of urea groups is 1. The molecule has 0 bridgehead atoms. The van der Waals surface area contributed by atoms with Gasteiger partial charge in [0.25, 0.3) is 0 Å². The van der Waals surface area contributed by atoms with E-state index in [1.165, 1.54) is 4.90 Å². The number of carbonyl (C=O) groups is 3. The largest absolute Gasteiger partial charge is 0.466 e. The smallest absolute Gasteiger partial charge is 0.324 e. The molecular weight excluding hydrogens is 238 g/mol. The van der Waals surface area contributed by atoms with E-state index in [-0.39, 0.29) is 30.9 Å². The summed E-state index contributed by atoms with van der Waals surface area (Å²) in [6.45, 7) is 3.56. The van der Waals surface area contributed by atoms with Crippen LogP contribution in [0.3, 0.4) is 0 Å². The van der Waals surface area contributed by atoms with Crippen molar-refractivity contribution in [3.63, 3.8) is 0 Å². The molecule has 0 saturated carbocycles. The summed E-state index contributed by atoms with van der Waals surface area (Å²) in [5.74, 6) is -0.535. The van der Waals surface area contributed by atoms with E-state index in [1.54, 1.807) is 18.9 Å². The van der Waals surface area contributed by atoms with Crippen LogP contribution < -0.4 is 5.32 Å². The van der Waals surface area contributed by atoms with Gasteiger partial charge in [-0.1, -0.05) is 0 Å². The van der Waals surface area contributed by atoms with Gasteiger partial charge in [0.05, 0.1) is 19.6 Å². The van der Waals surface area contributed by atoms with Gasteiger partial charge in [0.2, 0.25) is 5.91 Å². The van der Waals surface area contributed by atoms with Crippen LogP contribution in [0.1, 0.15) is 13.3 Å². The van der Waals surface area contributed by atoms with Crippen molar-refractivity contribution >= 4 is 17.9 Å². The van der Waals surface area contributed by atoms with Gasteiger partial charge in [-0.25, -0.2) is 4.79 Å². The number of ether oxygens (including phenoxy) is 1. The molecule has 1 fully saturated rings. The highest BCUT2D eigenvalue weighted by Gasteiger charge is 2.26. The molecule has 1 aliphatic rings. The van der Waals surface area contributed by atoms with Gasteiger partial charge in [0.1, 0.15) is 0 Å². The number of nitrogens with one attached hydrogen (secondary N) is 1. The lowest BCUT2D eigenvalue weighted by molar-refractivity contribution is -0.143. The summed E-state index contributed by atoms with van der Waals surface area (Å²) in [6, 6.07) is -0.348. The number of hydrogen-bond acceptors (Lipinski definition) is 5. The maximum Gasteiger partial charge on any atom is 0.324 e. The summed E-state index contributed by atoms with van der Waals surface area (Å²) in [7, 11) is 1.73. The van der Waals surface area contributed by atoms with Crippen LogP contribution in [0.5, 0.6) is 0 Å². The minimum absolute atomic E-state index is 0.118. The van der Waals surface area contributed by atoms with Crippen LogP contribution in [0.4, 0.5) is 4.79 Å². The van der Waals surface area contributed by atoms with E-state index < -0.39 is 0 Å². The van der Waals surface area contributed by atoms with E-state index in [4.69, 9.17) is 4.74 Å². The molecule has 0 aromatic carbocycles.